The van der Waals surface area contributed by atoms with Crippen LogP contribution in [0.15, 0.2) is 24.0 Å². The van der Waals surface area contributed by atoms with Crippen molar-refractivity contribution in [1.82, 2.24) is 4.90 Å². The molecule has 0 saturated heterocycles. The van der Waals surface area contributed by atoms with Gasteiger partial charge in [-0.2, -0.15) is 12.6 Å². The van der Waals surface area contributed by atoms with Gasteiger partial charge in [0.25, 0.3) is 0 Å². The Labute approximate surface area is 91.1 Å². The number of Topliss-reactive ketones (excluding diaryl/α,β-unsaturated/α-hetero) is 1. The van der Waals surface area contributed by atoms with Crippen LogP contribution in [-0.4, -0.2) is 21.5 Å². The molecule has 0 aromatic heterocycles. The van der Waals surface area contributed by atoms with Crippen LogP contribution < -0.4 is 0 Å². The first-order valence-corrected chi connectivity index (χ1v) is 5.21. The highest BCUT2D eigenvalue weighted by Gasteiger charge is 2.23. The van der Waals surface area contributed by atoms with Crippen molar-refractivity contribution in [2.75, 3.05) is 0 Å². The molecule has 0 aromatic carbocycles. The van der Waals surface area contributed by atoms with Crippen LogP contribution in [0.4, 0.5) is 0 Å². The van der Waals surface area contributed by atoms with Gasteiger partial charge in [-0.25, -0.2) is 0 Å². The smallest absolute Gasteiger partial charge is 0.158 e. The van der Waals surface area contributed by atoms with E-state index in [-0.39, 0.29) is 16.6 Å². The van der Waals surface area contributed by atoms with E-state index < -0.39 is 0 Å². The average Bonchev–Trinajstić information content (AvgIpc) is 2.02. The van der Waals surface area contributed by atoms with Gasteiger partial charge in [0, 0.05) is 23.5 Å². The average molecular weight is 211 g/mol. The molecule has 0 N–H and O–H groups in total. The summed E-state index contributed by atoms with van der Waals surface area (Å²) in [6.07, 6.45) is 5.80. The first-order valence-electron chi connectivity index (χ1n) is 4.70. The first kappa shape index (κ1) is 11.4. The van der Waals surface area contributed by atoms with Crippen molar-refractivity contribution in [3.05, 3.63) is 24.0 Å². The monoisotopic (exact) mass is 211 g/mol. The minimum Gasteiger partial charge on any atom is -0.349 e. The molecule has 1 aliphatic rings. The molecule has 0 aromatic rings. The van der Waals surface area contributed by atoms with Gasteiger partial charge in [0.05, 0.1) is 5.25 Å². The topological polar surface area (TPSA) is 20.3 Å². The molecule has 0 amide bonds. The lowest BCUT2D eigenvalue weighted by molar-refractivity contribution is -0.113. The maximum atomic E-state index is 11.3. The van der Waals surface area contributed by atoms with Gasteiger partial charge in [-0.1, -0.05) is 6.08 Å². The zero-order valence-electron chi connectivity index (χ0n) is 9.11. The summed E-state index contributed by atoms with van der Waals surface area (Å²) < 4.78 is 0. The van der Waals surface area contributed by atoms with E-state index in [0.717, 1.165) is 5.57 Å². The molecular formula is C11H17NOS. The van der Waals surface area contributed by atoms with Crippen LogP contribution in [0.5, 0.6) is 0 Å². The molecule has 1 heterocycles. The van der Waals surface area contributed by atoms with Crippen molar-refractivity contribution >= 4 is 18.4 Å². The minimum atomic E-state index is -0.0638. The molecule has 0 spiro atoms. The maximum absolute atomic E-state index is 11.3. The van der Waals surface area contributed by atoms with Crippen molar-refractivity contribution in [2.24, 2.45) is 0 Å². The van der Waals surface area contributed by atoms with Crippen LogP contribution in [0, 0.1) is 0 Å². The van der Waals surface area contributed by atoms with Crippen molar-refractivity contribution in [1.29, 1.82) is 0 Å². The summed E-state index contributed by atoms with van der Waals surface area (Å²) in [5, 5.41) is -0.0638. The summed E-state index contributed by atoms with van der Waals surface area (Å²) in [5.74, 6) is 0.0867. The van der Waals surface area contributed by atoms with Crippen LogP contribution in [0.1, 0.15) is 27.7 Å². The van der Waals surface area contributed by atoms with Gasteiger partial charge in [0.2, 0.25) is 0 Å². The van der Waals surface area contributed by atoms with Gasteiger partial charge in [-0.05, 0) is 27.7 Å². The summed E-state index contributed by atoms with van der Waals surface area (Å²) in [6, 6.07) is 0. The van der Waals surface area contributed by atoms with Crippen molar-refractivity contribution in [3.8, 4) is 0 Å². The predicted molar refractivity (Wildman–Crippen MR) is 62.3 cm³/mol. The lowest BCUT2D eigenvalue weighted by Crippen LogP contribution is -2.36. The quantitative estimate of drug-likeness (QED) is 0.672. The molecule has 1 aliphatic heterocycles. The Morgan fingerprint density at radius 2 is 2.07 bits per heavy atom. The van der Waals surface area contributed by atoms with Crippen LogP contribution in [0.3, 0.4) is 0 Å². The minimum absolute atomic E-state index is 0.00508. The third kappa shape index (κ3) is 2.41. The van der Waals surface area contributed by atoms with Gasteiger partial charge in [-0.15, -0.1) is 0 Å². The Morgan fingerprint density at radius 3 is 2.50 bits per heavy atom. The second-order valence-electron chi connectivity index (χ2n) is 4.51. The van der Waals surface area contributed by atoms with Crippen molar-refractivity contribution in [2.45, 2.75) is 38.5 Å². The first-order chi connectivity index (χ1) is 6.32. The number of carbonyl (C=O) groups is 1. The maximum Gasteiger partial charge on any atom is 0.158 e. The summed E-state index contributed by atoms with van der Waals surface area (Å²) in [6.45, 7) is 7.88. The number of rotatable bonds is 1. The molecule has 0 fully saturated rings. The molecule has 3 heteroatoms. The van der Waals surface area contributed by atoms with E-state index in [2.05, 4.69) is 33.4 Å². The summed E-state index contributed by atoms with van der Waals surface area (Å²) >= 11 is 4.33. The Balaban J connectivity index is 2.96. The Kier molecular flexibility index (Phi) is 3.10. The zero-order valence-corrected chi connectivity index (χ0v) is 10.0. The Bertz CT molecular complexity index is 299. The predicted octanol–water partition coefficient (Wildman–Crippen LogP) is 2.39. The fourth-order valence-electron chi connectivity index (χ4n) is 1.26. The van der Waals surface area contributed by atoms with E-state index >= 15 is 0 Å². The fourth-order valence-corrected chi connectivity index (χ4v) is 1.59. The molecule has 0 bridgehead atoms. The van der Waals surface area contributed by atoms with Crippen LogP contribution >= 0.6 is 12.6 Å². The van der Waals surface area contributed by atoms with Crippen LogP contribution in [0.25, 0.3) is 0 Å². The normalized spacial score (nSPS) is 22.2. The molecular weight excluding hydrogens is 194 g/mol. The van der Waals surface area contributed by atoms with E-state index in [1.165, 1.54) is 0 Å². The molecule has 2 nitrogen and oxygen atoms in total. The summed E-state index contributed by atoms with van der Waals surface area (Å²) in [7, 11) is 0. The molecule has 0 unspecified atom stereocenters. The SMILES string of the molecule is CC(=O)C1=CN(C(C)(C)C)C=C[C@@H]1S. The zero-order chi connectivity index (χ0) is 10.9. The molecule has 78 valence electrons. The molecule has 1 atom stereocenters. The van der Waals surface area contributed by atoms with Crippen LogP contribution in [0.2, 0.25) is 0 Å². The molecule has 0 aliphatic carbocycles. The van der Waals surface area contributed by atoms with Gasteiger partial charge in [-0.3, -0.25) is 4.79 Å². The van der Waals surface area contributed by atoms with Gasteiger partial charge >= 0.3 is 0 Å². The summed E-state index contributed by atoms with van der Waals surface area (Å²) in [4.78, 5) is 13.3. The molecule has 1 rings (SSSR count). The highest BCUT2D eigenvalue weighted by atomic mass is 32.1. The highest BCUT2D eigenvalue weighted by Crippen LogP contribution is 2.24. The number of hydrogen-bond acceptors (Lipinski definition) is 3. The standard InChI is InChI=1S/C11H17NOS/c1-8(13)9-7-12(11(2,3)4)6-5-10(9)14/h5-7,10,14H,1-4H3/t10-/m0/s1. The van der Waals surface area contributed by atoms with Gasteiger partial charge in [0.15, 0.2) is 5.78 Å². The number of ketones is 1. The Morgan fingerprint density at radius 1 is 1.50 bits per heavy atom. The van der Waals surface area contributed by atoms with E-state index in [1.54, 1.807) is 6.92 Å². The van der Waals surface area contributed by atoms with Crippen molar-refractivity contribution < 1.29 is 4.79 Å². The van der Waals surface area contributed by atoms with E-state index in [0.29, 0.717) is 0 Å². The van der Waals surface area contributed by atoms with E-state index in [4.69, 9.17) is 0 Å². The third-order valence-corrected chi connectivity index (χ3v) is 2.66. The molecule has 0 radical (unpaired) electrons. The number of nitrogens with zero attached hydrogens (tertiary/aromatic N) is 1. The van der Waals surface area contributed by atoms with E-state index in [1.807, 2.05) is 23.4 Å². The largest absolute Gasteiger partial charge is 0.349 e. The number of carbonyl (C=O) groups excluding carboxylic acids is 1. The number of hydrogen-bond donors (Lipinski definition) is 1. The van der Waals surface area contributed by atoms with Gasteiger partial charge in [0.1, 0.15) is 0 Å². The van der Waals surface area contributed by atoms with Crippen molar-refractivity contribution in [3.63, 3.8) is 0 Å². The third-order valence-electron chi connectivity index (χ3n) is 2.21. The lowest BCUT2D eigenvalue weighted by atomic mass is 10.0. The summed E-state index contributed by atoms with van der Waals surface area (Å²) in [5.41, 5.74) is 0.760. The number of thiol groups is 1. The van der Waals surface area contributed by atoms with Crippen LogP contribution in [-0.2, 0) is 4.79 Å². The molecule has 14 heavy (non-hydrogen) atoms. The lowest BCUT2D eigenvalue weighted by Gasteiger charge is -2.35. The second-order valence-corrected chi connectivity index (χ2v) is 5.06. The van der Waals surface area contributed by atoms with E-state index in [9.17, 15) is 4.79 Å². The molecule has 0 saturated carbocycles. The second kappa shape index (κ2) is 3.81. The Hall–Kier alpha value is -0.700. The highest BCUT2D eigenvalue weighted by molar-refractivity contribution is 7.81. The fraction of sp³-hybridized carbons (Fsp3) is 0.545. The van der Waals surface area contributed by atoms with Gasteiger partial charge < -0.3 is 4.90 Å².